The van der Waals surface area contributed by atoms with Crippen LogP contribution in [0.1, 0.15) is 29.8 Å². The molecule has 2 rings (SSSR count). The molecule has 0 atom stereocenters. The molecule has 0 aliphatic rings. The highest BCUT2D eigenvalue weighted by atomic mass is 19.1. The summed E-state index contributed by atoms with van der Waals surface area (Å²) >= 11 is 0. The molecule has 0 radical (unpaired) electrons. The molecule has 0 saturated carbocycles. The zero-order valence-electron chi connectivity index (χ0n) is 10.8. The third kappa shape index (κ3) is 3.37. The second-order valence-corrected chi connectivity index (χ2v) is 4.41. The molecule has 2 aromatic rings. The maximum Gasteiger partial charge on any atom is 0.194 e. The van der Waals surface area contributed by atoms with Crippen molar-refractivity contribution in [2.24, 2.45) is 0 Å². The Morgan fingerprint density at radius 1 is 1.16 bits per heavy atom. The maximum absolute atomic E-state index is 12.8. The number of halogens is 1. The molecule has 3 nitrogen and oxygen atoms in total. The van der Waals surface area contributed by atoms with Gasteiger partial charge in [0.1, 0.15) is 11.6 Å². The van der Waals surface area contributed by atoms with Crippen molar-refractivity contribution in [3.8, 4) is 5.75 Å². The lowest BCUT2D eigenvalue weighted by Crippen LogP contribution is -2.07. The third-order valence-corrected chi connectivity index (χ3v) is 2.45. The molecule has 19 heavy (non-hydrogen) atoms. The van der Waals surface area contributed by atoms with Gasteiger partial charge in [-0.05, 0) is 44.2 Å². The van der Waals surface area contributed by atoms with E-state index in [0.717, 1.165) is 0 Å². The average Bonchev–Trinajstić information content (AvgIpc) is 2.38. The standard InChI is InChI=1S/C15H14FNO2/c1-10(2)19-14-7-12(8-17-9-14)15(18)11-3-5-13(16)6-4-11/h3-10H,1-2H3. The average molecular weight is 259 g/mol. The second-order valence-electron chi connectivity index (χ2n) is 4.41. The topological polar surface area (TPSA) is 39.2 Å². The van der Waals surface area contributed by atoms with E-state index < -0.39 is 0 Å². The number of aromatic nitrogens is 1. The van der Waals surface area contributed by atoms with Gasteiger partial charge in [0.15, 0.2) is 5.78 Å². The fourth-order valence-corrected chi connectivity index (χ4v) is 1.65. The van der Waals surface area contributed by atoms with Crippen LogP contribution < -0.4 is 4.74 Å². The van der Waals surface area contributed by atoms with Crippen molar-refractivity contribution in [3.05, 3.63) is 59.7 Å². The third-order valence-electron chi connectivity index (χ3n) is 2.45. The van der Waals surface area contributed by atoms with Gasteiger partial charge in [-0.2, -0.15) is 0 Å². The van der Waals surface area contributed by atoms with Crippen molar-refractivity contribution in [1.29, 1.82) is 0 Å². The Kier molecular flexibility index (Phi) is 3.90. The summed E-state index contributed by atoms with van der Waals surface area (Å²) in [5.74, 6) is -0.0313. The Bertz CT molecular complexity index is 579. The van der Waals surface area contributed by atoms with E-state index in [9.17, 15) is 9.18 Å². The predicted molar refractivity (Wildman–Crippen MR) is 69.8 cm³/mol. The van der Waals surface area contributed by atoms with Gasteiger partial charge in [0.25, 0.3) is 0 Å². The summed E-state index contributed by atoms with van der Waals surface area (Å²) in [5.41, 5.74) is 0.842. The van der Waals surface area contributed by atoms with Crippen LogP contribution in [-0.2, 0) is 0 Å². The van der Waals surface area contributed by atoms with Crippen molar-refractivity contribution >= 4 is 5.78 Å². The van der Waals surface area contributed by atoms with E-state index in [1.807, 2.05) is 13.8 Å². The summed E-state index contributed by atoms with van der Waals surface area (Å²) in [6.45, 7) is 3.79. The summed E-state index contributed by atoms with van der Waals surface area (Å²) in [4.78, 5) is 16.2. The fourth-order valence-electron chi connectivity index (χ4n) is 1.65. The van der Waals surface area contributed by atoms with E-state index in [1.165, 1.54) is 30.5 Å². The van der Waals surface area contributed by atoms with Gasteiger partial charge in [-0.1, -0.05) is 0 Å². The molecule has 0 amide bonds. The first-order chi connectivity index (χ1) is 9.06. The molecule has 0 saturated heterocycles. The van der Waals surface area contributed by atoms with Gasteiger partial charge in [-0.15, -0.1) is 0 Å². The molecule has 1 aromatic heterocycles. The molecule has 1 aromatic carbocycles. The van der Waals surface area contributed by atoms with Crippen LogP contribution in [0.5, 0.6) is 5.75 Å². The number of hydrogen-bond acceptors (Lipinski definition) is 3. The van der Waals surface area contributed by atoms with Crippen LogP contribution in [0.15, 0.2) is 42.7 Å². The summed E-state index contributed by atoms with van der Waals surface area (Å²) < 4.78 is 18.3. The first-order valence-corrected chi connectivity index (χ1v) is 5.98. The summed E-state index contributed by atoms with van der Waals surface area (Å²) in [6, 6.07) is 7.06. The number of pyridine rings is 1. The number of benzene rings is 1. The minimum absolute atomic E-state index is 0.0120. The Morgan fingerprint density at radius 2 is 1.84 bits per heavy atom. The number of rotatable bonds is 4. The number of carbonyl (C=O) groups excluding carboxylic acids is 1. The largest absolute Gasteiger partial charge is 0.489 e. The Labute approximate surface area is 111 Å². The van der Waals surface area contributed by atoms with E-state index in [0.29, 0.717) is 16.9 Å². The van der Waals surface area contributed by atoms with Crippen LogP contribution in [0.2, 0.25) is 0 Å². The highest BCUT2D eigenvalue weighted by Gasteiger charge is 2.11. The van der Waals surface area contributed by atoms with Crippen LogP contribution in [0.25, 0.3) is 0 Å². The van der Waals surface area contributed by atoms with E-state index in [-0.39, 0.29) is 17.7 Å². The number of hydrogen-bond donors (Lipinski definition) is 0. The van der Waals surface area contributed by atoms with Gasteiger partial charge in [0.2, 0.25) is 0 Å². The van der Waals surface area contributed by atoms with Gasteiger partial charge in [0.05, 0.1) is 12.3 Å². The van der Waals surface area contributed by atoms with Crippen molar-refractivity contribution in [2.75, 3.05) is 0 Å². The SMILES string of the molecule is CC(C)Oc1cncc(C(=O)c2ccc(F)cc2)c1. The first kappa shape index (κ1) is 13.2. The molecule has 4 heteroatoms. The van der Waals surface area contributed by atoms with Gasteiger partial charge < -0.3 is 4.74 Å². The van der Waals surface area contributed by atoms with Crippen molar-refractivity contribution in [3.63, 3.8) is 0 Å². The smallest absolute Gasteiger partial charge is 0.194 e. The number of ketones is 1. The van der Waals surface area contributed by atoms with Gasteiger partial charge >= 0.3 is 0 Å². The molecule has 0 spiro atoms. The number of ether oxygens (including phenoxy) is 1. The molecule has 0 bridgehead atoms. The predicted octanol–water partition coefficient (Wildman–Crippen LogP) is 3.24. The van der Waals surface area contributed by atoms with Crippen LogP contribution in [0.3, 0.4) is 0 Å². The molecular formula is C15H14FNO2. The van der Waals surface area contributed by atoms with Crippen molar-refractivity contribution in [1.82, 2.24) is 4.98 Å². The normalized spacial score (nSPS) is 10.5. The maximum atomic E-state index is 12.8. The van der Waals surface area contributed by atoms with E-state index in [2.05, 4.69) is 4.98 Å². The zero-order valence-corrected chi connectivity index (χ0v) is 10.8. The lowest BCUT2D eigenvalue weighted by Gasteiger charge is -2.09. The molecule has 0 aliphatic heterocycles. The molecule has 98 valence electrons. The molecule has 1 heterocycles. The Morgan fingerprint density at radius 3 is 2.47 bits per heavy atom. The minimum atomic E-state index is -0.369. The quantitative estimate of drug-likeness (QED) is 0.791. The van der Waals surface area contributed by atoms with Gasteiger partial charge in [-0.3, -0.25) is 9.78 Å². The summed E-state index contributed by atoms with van der Waals surface area (Å²) in [6.07, 6.45) is 3.04. The Hall–Kier alpha value is -2.23. The number of carbonyl (C=O) groups is 1. The first-order valence-electron chi connectivity index (χ1n) is 5.98. The molecular weight excluding hydrogens is 245 g/mol. The van der Waals surface area contributed by atoms with Crippen LogP contribution in [0, 0.1) is 5.82 Å². The molecule has 0 fully saturated rings. The molecule has 0 N–H and O–H groups in total. The van der Waals surface area contributed by atoms with Gasteiger partial charge in [-0.25, -0.2) is 4.39 Å². The molecule has 0 aliphatic carbocycles. The van der Waals surface area contributed by atoms with E-state index >= 15 is 0 Å². The summed E-state index contributed by atoms with van der Waals surface area (Å²) in [5, 5.41) is 0. The fraction of sp³-hybridized carbons (Fsp3) is 0.200. The van der Waals surface area contributed by atoms with E-state index in [1.54, 1.807) is 12.3 Å². The van der Waals surface area contributed by atoms with Crippen LogP contribution >= 0.6 is 0 Å². The van der Waals surface area contributed by atoms with Crippen LogP contribution in [0.4, 0.5) is 4.39 Å². The van der Waals surface area contributed by atoms with Crippen molar-refractivity contribution in [2.45, 2.75) is 20.0 Å². The monoisotopic (exact) mass is 259 g/mol. The lowest BCUT2D eigenvalue weighted by atomic mass is 10.1. The van der Waals surface area contributed by atoms with Gasteiger partial charge in [0, 0.05) is 17.3 Å². The lowest BCUT2D eigenvalue weighted by molar-refractivity contribution is 0.103. The zero-order chi connectivity index (χ0) is 13.8. The Balaban J connectivity index is 2.26. The highest BCUT2D eigenvalue weighted by Crippen LogP contribution is 2.16. The van der Waals surface area contributed by atoms with E-state index in [4.69, 9.17) is 4.74 Å². The minimum Gasteiger partial charge on any atom is -0.489 e. The molecule has 0 unspecified atom stereocenters. The van der Waals surface area contributed by atoms with Crippen LogP contribution in [-0.4, -0.2) is 16.9 Å². The second kappa shape index (κ2) is 5.61. The van der Waals surface area contributed by atoms with Crippen molar-refractivity contribution < 1.29 is 13.9 Å². The number of nitrogens with zero attached hydrogens (tertiary/aromatic N) is 1. The summed E-state index contributed by atoms with van der Waals surface area (Å²) in [7, 11) is 0. The highest BCUT2D eigenvalue weighted by molar-refractivity contribution is 6.08.